The summed E-state index contributed by atoms with van der Waals surface area (Å²) < 4.78 is 5.53. The first-order chi connectivity index (χ1) is 11.2. The number of hydrogen-bond donors (Lipinski definition) is 1. The summed E-state index contributed by atoms with van der Waals surface area (Å²) in [5.74, 6) is 0.417. The molecule has 2 unspecified atom stereocenters. The van der Waals surface area contributed by atoms with Crippen LogP contribution in [0.2, 0.25) is 0 Å². The van der Waals surface area contributed by atoms with Crippen molar-refractivity contribution in [3.05, 3.63) is 18.3 Å². The quantitative estimate of drug-likeness (QED) is 0.851. The van der Waals surface area contributed by atoms with Gasteiger partial charge in [0.1, 0.15) is 11.4 Å². The predicted octanol–water partition coefficient (Wildman–Crippen LogP) is 2.17. The fourth-order valence-electron chi connectivity index (χ4n) is 3.38. The number of fused-ring (bicyclic) bond motifs is 2. The van der Waals surface area contributed by atoms with Gasteiger partial charge in [-0.1, -0.05) is 0 Å². The molecule has 2 atom stereocenters. The third-order valence-corrected chi connectivity index (χ3v) is 4.41. The van der Waals surface area contributed by atoms with E-state index in [1.165, 1.54) is 0 Å². The minimum atomic E-state index is -0.548. The van der Waals surface area contributed by atoms with Crippen molar-refractivity contribution in [3.8, 4) is 0 Å². The van der Waals surface area contributed by atoms with E-state index in [1.807, 2.05) is 20.8 Å². The Labute approximate surface area is 141 Å². The monoisotopic (exact) mass is 332 g/mol. The lowest BCUT2D eigenvalue weighted by Gasteiger charge is -2.31. The number of ether oxygens (including phenoxy) is 1. The number of nitrogens with zero attached hydrogens (tertiary/aromatic N) is 3. The molecule has 2 saturated heterocycles. The highest BCUT2D eigenvalue weighted by Gasteiger charge is 2.44. The highest BCUT2D eigenvalue weighted by atomic mass is 16.6. The Morgan fingerprint density at radius 1 is 1.29 bits per heavy atom. The fraction of sp³-hybridized carbons (Fsp3) is 0.588. The molecule has 1 aromatic rings. The summed E-state index contributed by atoms with van der Waals surface area (Å²) >= 11 is 0. The van der Waals surface area contributed by atoms with Crippen LogP contribution in [0.1, 0.15) is 40.0 Å². The second-order valence-corrected chi connectivity index (χ2v) is 7.42. The van der Waals surface area contributed by atoms with Gasteiger partial charge in [0.2, 0.25) is 5.91 Å². The molecule has 2 amide bonds. The molecule has 3 rings (SSSR count). The number of carbonyl (C=O) groups excluding carboxylic acids is 2. The molecule has 0 aromatic carbocycles. The number of carbonyl (C=O) groups is 2. The highest BCUT2D eigenvalue weighted by Crippen LogP contribution is 2.33. The molecule has 0 aliphatic carbocycles. The maximum Gasteiger partial charge on any atom is 0.410 e. The number of nitrogen functional groups attached to an aromatic ring is 1. The van der Waals surface area contributed by atoms with Crippen LogP contribution in [0.3, 0.4) is 0 Å². The van der Waals surface area contributed by atoms with E-state index in [0.29, 0.717) is 24.5 Å². The first-order valence-electron chi connectivity index (χ1n) is 8.28. The van der Waals surface area contributed by atoms with Gasteiger partial charge in [0.15, 0.2) is 0 Å². The maximum atomic E-state index is 12.6. The summed E-state index contributed by atoms with van der Waals surface area (Å²) in [7, 11) is 0. The second-order valence-electron chi connectivity index (χ2n) is 7.42. The Kier molecular flexibility index (Phi) is 4.11. The minimum Gasteiger partial charge on any atom is -0.444 e. The zero-order valence-corrected chi connectivity index (χ0v) is 14.4. The first-order valence-corrected chi connectivity index (χ1v) is 8.28. The van der Waals surface area contributed by atoms with E-state index in [-0.39, 0.29) is 24.1 Å². The van der Waals surface area contributed by atoms with Crippen LogP contribution in [-0.2, 0) is 9.53 Å². The Balaban J connectivity index is 1.82. The lowest BCUT2D eigenvalue weighted by molar-refractivity contribution is -0.119. The second kappa shape index (κ2) is 5.96. The van der Waals surface area contributed by atoms with Gasteiger partial charge in [-0.3, -0.25) is 9.69 Å². The molecular weight excluding hydrogens is 308 g/mol. The molecule has 3 heterocycles. The molecule has 2 aliphatic heterocycles. The van der Waals surface area contributed by atoms with E-state index < -0.39 is 5.60 Å². The van der Waals surface area contributed by atoms with Crippen molar-refractivity contribution in [1.29, 1.82) is 0 Å². The van der Waals surface area contributed by atoms with Gasteiger partial charge >= 0.3 is 6.09 Å². The van der Waals surface area contributed by atoms with Crippen molar-refractivity contribution in [2.24, 2.45) is 0 Å². The van der Waals surface area contributed by atoms with E-state index >= 15 is 0 Å². The molecule has 24 heavy (non-hydrogen) atoms. The number of hydrogen-bond acceptors (Lipinski definition) is 5. The number of anilines is 2. The number of aromatic nitrogens is 1. The molecule has 7 heteroatoms. The summed E-state index contributed by atoms with van der Waals surface area (Å²) in [6.45, 7) is 6.01. The van der Waals surface area contributed by atoms with Crippen LogP contribution in [0.15, 0.2) is 18.3 Å². The molecule has 7 nitrogen and oxygen atoms in total. The Morgan fingerprint density at radius 2 is 2.00 bits per heavy atom. The van der Waals surface area contributed by atoms with Crippen molar-refractivity contribution < 1.29 is 14.3 Å². The average molecular weight is 332 g/mol. The molecular formula is C17H24N4O3. The molecule has 0 spiro atoms. The highest BCUT2D eigenvalue weighted by molar-refractivity contribution is 5.94. The van der Waals surface area contributed by atoms with Gasteiger partial charge in [-0.2, -0.15) is 0 Å². The van der Waals surface area contributed by atoms with Crippen molar-refractivity contribution in [2.45, 2.75) is 57.7 Å². The first kappa shape index (κ1) is 16.5. The van der Waals surface area contributed by atoms with E-state index in [9.17, 15) is 9.59 Å². The standard InChI is InChI=1S/C17H24N4O3/c1-17(2,3)24-16(23)21-11-4-5-13(21)10-20(15(22)8-11)12-6-7-14(18)19-9-12/h6-7,9,11,13H,4-5,8,10H2,1-3H3,(H2,18,19). The van der Waals surface area contributed by atoms with E-state index in [4.69, 9.17) is 10.5 Å². The van der Waals surface area contributed by atoms with Gasteiger partial charge in [-0.25, -0.2) is 9.78 Å². The van der Waals surface area contributed by atoms with Crippen LogP contribution in [-0.4, -0.2) is 46.1 Å². The molecule has 2 bridgehead atoms. The third kappa shape index (κ3) is 3.29. The molecule has 2 aliphatic rings. The predicted molar refractivity (Wildman–Crippen MR) is 90.5 cm³/mol. The summed E-state index contributed by atoms with van der Waals surface area (Å²) in [6.07, 6.45) is 3.28. The van der Waals surface area contributed by atoms with Crippen molar-refractivity contribution in [1.82, 2.24) is 9.88 Å². The average Bonchev–Trinajstić information content (AvgIpc) is 2.79. The van der Waals surface area contributed by atoms with Gasteiger partial charge in [0, 0.05) is 19.0 Å². The summed E-state index contributed by atoms with van der Waals surface area (Å²) in [5.41, 5.74) is 5.78. The number of amides is 2. The van der Waals surface area contributed by atoms with Crippen molar-refractivity contribution in [2.75, 3.05) is 17.2 Å². The lowest BCUT2D eigenvalue weighted by atomic mass is 10.1. The smallest absolute Gasteiger partial charge is 0.410 e. The summed E-state index contributed by atoms with van der Waals surface area (Å²) in [6, 6.07) is 3.34. The zero-order valence-electron chi connectivity index (χ0n) is 14.4. The normalized spacial score (nSPS) is 24.0. The summed E-state index contributed by atoms with van der Waals surface area (Å²) in [4.78, 5) is 32.7. The molecule has 2 fully saturated rings. The third-order valence-electron chi connectivity index (χ3n) is 4.41. The van der Waals surface area contributed by atoms with Crippen LogP contribution in [0.4, 0.5) is 16.3 Å². The van der Waals surface area contributed by atoms with E-state index in [0.717, 1.165) is 12.8 Å². The Hall–Kier alpha value is -2.31. The molecule has 0 saturated carbocycles. The van der Waals surface area contributed by atoms with Gasteiger partial charge in [-0.05, 0) is 45.7 Å². The SMILES string of the molecule is CC(C)(C)OC(=O)N1C2CCC1CN(c1ccc(N)nc1)C(=O)C2. The Bertz CT molecular complexity index is 638. The van der Waals surface area contributed by atoms with Crippen LogP contribution in [0.5, 0.6) is 0 Å². The molecule has 130 valence electrons. The number of pyridine rings is 1. The van der Waals surface area contributed by atoms with E-state index in [1.54, 1.807) is 28.1 Å². The van der Waals surface area contributed by atoms with Crippen LogP contribution < -0.4 is 10.6 Å². The number of rotatable bonds is 1. The van der Waals surface area contributed by atoms with Crippen LogP contribution in [0, 0.1) is 0 Å². The van der Waals surface area contributed by atoms with Crippen LogP contribution in [0.25, 0.3) is 0 Å². The summed E-state index contributed by atoms with van der Waals surface area (Å²) in [5, 5.41) is 0. The largest absolute Gasteiger partial charge is 0.444 e. The van der Waals surface area contributed by atoms with Gasteiger partial charge in [-0.15, -0.1) is 0 Å². The number of nitrogens with two attached hydrogens (primary N) is 1. The minimum absolute atomic E-state index is 0.00216. The van der Waals surface area contributed by atoms with Crippen molar-refractivity contribution >= 4 is 23.5 Å². The fourth-order valence-corrected chi connectivity index (χ4v) is 3.38. The van der Waals surface area contributed by atoms with Crippen molar-refractivity contribution in [3.63, 3.8) is 0 Å². The topological polar surface area (TPSA) is 88.8 Å². The zero-order chi connectivity index (χ0) is 17.5. The molecule has 2 N–H and O–H groups in total. The van der Waals surface area contributed by atoms with Gasteiger partial charge in [0.05, 0.1) is 17.9 Å². The molecule has 0 radical (unpaired) electrons. The van der Waals surface area contributed by atoms with E-state index in [2.05, 4.69) is 4.98 Å². The lowest BCUT2D eigenvalue weighted by Crippen LogP contribution is -2.45. The van der Waals surface area contributed by atoms with Gasteiger partial charge < -0.3 is 15.4 Å². The Morgan fingerprint density at radius 3 is 2.62 bits per heavy atom. The van der Waals surface area contributed by atoms with Gasteiger partial charge in [0.25, 0.3) is 0 Å². The molecule has 1 aromatic heterocycles. The van der Waals surface area contributed by atoms with Crippen LogP contribution >= 0.6 is 0 Å². The maximum absolute atomic E-state index is 12.6.